The number of aliphatic imine (C=N–C) groups is 1. The van der Waals surface area contributed by atoms with E-state index in [0.29, 0.717) is 42.7 Å². The lowest BCUT2D eigenvalue weighted by Gasteiger charge is -2.40. The lowest BCUT2D eigenvalue weighted by atomic mass is 9.79. The van der Waals surface area contributed by atoms with Gasteiger partial charge < -0.3 is 25.0 Å². The van der Waals surface area contributed by atoms with Crippen LogP contribution in [-0.4, -0.2) is 56.7 Å². The Balaban J connectivity index is 1.42. The molecule has 3 aliphatic rings. The quantitative estimate of drug-likeness (QED) is 0.593. The number of piperidine rings is 1. The number of carbonyl (C=O) groups excluding carboxylic acids is 1. The zero-order valence-electron chi connectivity index (χ0n) is 15.5. The second kappa shape index (κ2) is 7.46. The third-order valence-electron chi connectivity index (χ3n) is 5.48. The number of halogens is 1. The molecule has 2 N–H and O–H groups in total. The number of hydrogen-bond acceptors (Lipinski definition) is 4. The fourth-order valence-corrected chi connectivity index (χ4v) is 4.50. The molecule has 3 heterocycles. The molecule has 1 aromatic rings. The van der Waals surface area contributed by atoms with E-state index >= 15 is 0 Å². The number of benzene rings is 1. The summed E-state index contributed by atoms with van der Waals surface area (Å²) in [5.41, 5.74) is 1.04. The molecule has 1 unspecified atom stereocenters. The normalized spacial score (nSPS) is 24.9. The standard InChI is InChI=1S/C19H25ClN4O3/c1-21-18(24-4-2-3-19(12-24)9-16(25)23-11-19)22-10-13-7-14(20)17-15(8-13)26-5-6-27-17/h7-8H,2-6,9-12H2,1H3,(H,21,22)(H,23,25). The lowest BCUT2D eigenvalue weighted by Crippen LogP contribution is -2.51. The van der Waals surface area contributed by atoms with Crippen molar-refractivity contribution in [2.24, 2.45) is 10.4 Å². The van der Waals surface area contributed by atoms with Gasteiger partial charge in [0.05, 0.1) is 5.02 Å². The van der Waals surface area contributed by atoms with Crippen LogP contribution < -0.4 is 20.1 Å². The van der Waals surface area contributed by atoms with Gasteiger partial charge in [-0.3, -0.25) is 9.79 Å². The molecule has 1 amide bonds. The molecule has 0 bridgehead atoms. The Hall–Kier alpha value is -2.15. The van der Waals surface area contributed by atoms with E-state index in [2.05, 4.69) is 20.5 Å². The van der Waals surface area contributed by atoms with Gasteiger partial charge in [-0.2, -0.15) is 0 Å². The van der Waals surface area contributed by atoms with Gasteiger partial charge in [0.2, 0.25) is 5.91 Å². The number of carbonyl (C=O) groups is 1. The summed E-state index contributed by atoms with van der Waals surface area (Å²) in [6.45, 7) is 4.18. The largest absolute Gasteiger partial charge is 0.486 e. The van der Waals surface area contributed by atoms with Crippen molar-refractivity contribution >= 4 is 23.5 Å². The third-order valence-corrected chi connectivity index (χ3v) is 5.76. The minimum absolute atomic E-state index is 0.0350. The molecule has 8 heteroatoms. The van der Waals surface area contributed by atoms with Crippen LogP contribution in [0.2, 0.25) is 5.02 Å². The van der Waals surface area contributed by atoms with Gasteiger partial charge in [0.15, 0.2) is 17.5 Å². The maximum atomic E-state index is 11.7. The molecule has 2 fully saturated rings. The molecule has 0 aliphatic carbocycles. The first-order valence-electron chi connectivity index (χ1n) is 9.39. The van der Waals surface area contributed by atoms with Crippen LogP contribution in [0, 0.1) is 5.41 Å². The van der Waals surface area contributed by atoms with Gasteiger partial charge in [0, 0.05) is 45.1 Å². The van der Waals surface area contributed by atoms with E-state index in [9.17, 15) is 4.79 Å². The second-order valence-electron chi connectivity index (χ2n) is 7.48. The smallest absolute Gasteiger partial charge is 0.220 e. The molecule has 2 saturated heterocycles. The molecule has 0 saturated carbocycles. The molecular weight excluding hydrogens is 368 g/mol. The first kappa shape index (κ1) is 18.2. The number of hydrogen-bond donors (Lipinski definition) is 2. The molecule has 0 radical (unpaired) electrons. The minimum atomic E-state index is 0.0350. The van der Waals surface area contributed by atoms with Gasteiger partial charge in [-0.15, -0.1) is 0 Å². The summed E-state index contributed by atoms with van der Waals surface area (Å²) in [7, 11) is 1.79. The van der Waals surface area contributed by atoms with Gasteiger partial charge in [0.25, 0.3) is 0 Å². The number of guanidine groups is 1. The van der Waals surface area contributed by atoms with E-state index in [0.717, 1.165) is 44.0 Å². The number of likely N-dealkylation sites (tertiary alicyclic amines) is 1. The summed E-state index contributed by atoms with van der Waals surface area (Å²) < 4.78 is 11.2. The van der Waals surface area contributed by atoms with E-state index in [4.69, 9.17) is 21.1 Å². The summed E-state index contributed by atoms with van der Waals surface area (Å²) in [6, 6.07) is 3.85. The third kappa shape index (κ3) is 3.78. The van der Waals surface area contributed by atoms with Crippen molar-refractivity contribution in [3.05, 3.63) is 22.7 Å². The highest BCUT2D eigenvalue weighted by atomic mass is 35.5. The van der Waals surface area contributed by atoms with Crippen molar-refractivity contribution in [3.8, 4) is 11.5 Å². The molecule has 1 aromatic carbocycles. The number of fused-ring (bicyclic) bond motifs is 1. The number of nitrogens with one attached hydrogen (secondary N) is 2. The van der Waals surface area contributed by atoms with Gasteiger partial charge in [0.1, 0.15) is 13.2 Å². The zero-order valence-corrected chi connectivity index (χ0v) is 16.3. The van der Waals surface area contributed by atoms with E-state index < -0.39 is 0 Å². The fraction of sp³-hybridized carbons (Fsp3) is 0.579. The Morgan fingerprint density at radius 2 is 2.26 bits per heavy atom. The molecule has 1 atom stereocenters. The first-order chi connectivity index (χ1) is 13.1. The van der Waals surface area contributed by atoms with Crippen LogP contribution in [0.1, 0.15) is 24.8 Å². The van der Waals surface area contributed by atoms with E-state index in [1.165, 1.54) is 0 Å². The Kier molecular flexibility index (Phi) is 5.04. The molecule has 1 spiro atoms. The highest BCUT2D eigenvalue weighted by molar-refractivity contribution is 6.32. The maximum absolute atomic E-state index is 11.7. The summed E-state index contributed by atoms with van der Waals surface area (Å²) in [5, 5.41) is 6.97. The molecule has 7 nitrogen and oxygen atoms in total. The summed E-state index contributed by atoms with van der Waals surface area (Å²) in [4.78, 5) is 18.4. The number of ether oxygens (including phenoxy) is 2. The predicted octanol–water partition coefficient (Wildman–Crippen LogP) is 1.79. The monoisotopic (exact) mass is 392 g/mol. The van der Waals surface area contributed by atoms with Crippen molar-refractivity contribution in [1.82, 2.24) is 15.5 Å². The Morgan fingerprint density at radius 3 is 3.04 bits per heavy atom. The molecule has 27 heavy (non-hydrogen) atoms. The summed E-state index contributed by atoms with van der Waals surface area (Å²) in [6.07, 6.45) is 2.75. The van der Waals surface area contributed by atoms with Crippen LogP contribution >= 0.6 is 11.6 Å². The fourth-order valence-electron chi connectivity index (χ4n) is 4.21. The van der Waals surface area contributed by atoms with Gasteiger partial charge in [-0.1, -0.05) is 11.6 Å². The average Bonchev–Trinajstić information content (AvgIpc) is 3.02. The van der Waals surface area contributed by atoms with E-state index in [-0.39, 0.29) is 11.3 Å². The SMILES string of the molecule is CN=C(NCc1cc(Cl)c2c(c1)OCCO2)N1CCCC2(CNC(=O)C2)C1. The van der Waals surface area contributed by atoms with Gasteiger partial charge in [-0.05, 0) is 30.5 Å². The van der Waals surface area contributed by atoms with Crippen LogP contribution in [0.15, 0.2) is 17.1 Å². The van der Waals surface area contributed by atoms with Crippen molar-refractivity contribution < 1.29 is 14.3 Å². The van der Waals surface area contributed by atoms with E-state index in [1.54, 1.807) is 7.05 Å². The van der Waals surface area contributed by atoms with Crippen LogP contribution in [0.5, 0.6) is 11.5 Å². The topological polar surface area (TPSA) is 75.2 Å². The van der Waals surface area contributed by atoms with Gasteiger partial charge >= 0.3 is 0 Å². The second-order valence-corrected chi connectivity index (χ2v) is 7.89. The van der Waals surface area contributed by atoms with Crippen molar-refractivity contribution in [2.75, 3.05) is 39.9 Å². The molecule has 4 rings (SSSR count). The van der Waals surface area contributed by atoms with Crippen LogP contribution in [0.4, 0.5) is 0 Å². The van der Waals surface area contributed by atoms with Crippen molar-refractivity contribution in [3.63, 3.8) is 0 Å². The van der Waals surface area contributed by atoms with Crippen molar-refractivity contribution in [2.45, 2.75) is 25.8 Å². The predicted molar refractivity (Wildman–Crippen MR) is 104 cm³/mol. The number of nitrogens with zero attached hydrogens (tertiary/aromatic N) is 2. The Morgan fingerprint density at radius 1 is 1.41 bits per heavy atom. The highest BCUT2D eigenvalue weighted by Crippen LogP contribution is 2.38. The molecule has 3 aliphatic heterocycles. The lowest BCUT2D eigenvalue weighted by molar-refractivity contribution is -0.119. The zero-order chi connectivity index (χ0) is 18.9. The van der Waals surface area contributed by atoms with Crippen molar-refractivity contribution in [1.29, 1.82) is 0 Å². The molecule has 0 aromatic heterocycles. The van der Waals surface area contributed by atoms with E-state index in [1.807, 2.05) is 12.1 Å². The molecule has 146 valence electrons. The Bertz CT molecular complexity index is 770. The molecular formula is C19H25ClN4O3. The number of amides is 1. The van der Waals surface area contributed by atoms with Crippen LogP contribution in [0.3, 0.4) is 0 Å². The first-order valence-corrected chi connectivity index (χ1v) is 9.77. The average molecular weight is 393 g/mol. The number of rotatable bonds is 2. The highest BCUT2D eigenvalue weighted by Gasteiger charge is 2.42. The summed E-state index contributed by atoms with van der Waals surface area (Å²) in [5.74, 6) is 2.31. The summed E-state index contributed by atoms with van der Waals surface area (Å²) >= 11 is 6.33. The Labute approximate surface area is 164 Å². The van der Waals surface area contributed by atoms with Crippen LogP contribution in [0.25, 0.3) is 0 Å². The van der Waals surface area contributed by atoms with Gasteiger partial charge in [-0.25, -0.2) is 0 Å². The maximum Gasteiger partial charge on any atom is 0.220 e. The minimum Gasteiger partial charge on any atom is -0.486 e. The van der Waals surface area contributed by atoms with Crippen LogP contribution in [-0.2, 0) is 11.3 Å².